The van der Waals surface area contributed by atoms with Crippen LogP contribution in [0.1, 0.15) is 29.0 Å². The van der Waals surface area contributed by atoms with E-state index in [1.165, 1.54) is 66.7 Å². The Kier molecular flexibility index (Phi) is 5.27. The second-order valence-corrected chi connectivity index (χ2v) is 7.62. The Bertz CT molecular complexity index is 1080. The number of nitrogens with one attached hydrogen (secondary N) is 1. The smallest absolute Gasteiger partial charge is 0.225 e. The number of benzene rings is 3. The molecule has 1 saturated heterocycles. The fourth-order valence-electron chi connectivity index (χ4n) is 4.52. The molecular formula is C24H19F3N2O2. The molecule has 3 aromatic carbocycles. The molecule has 1 aliphatic rings. The highest BCUT2D eigenvalue weighted by atomic mass is 19.1. The van der Waals surface area contributed by atoms with Crippen LogP contribution in [0.4, 0.5) is 13.2 Å². The average Bonchev–Trinajstić information content (AvgIpc) is 3.01. The molecule has 1 aliphatic heterocycles. The molecule has 0 aromatic heterocycles. The first-order chi connectivity index (χ1) is 14.8. The molecule has 0 radical (unpaired) electrons. The SMILES string of the molecule is NC(=O)CC1C(=O)NC(c2ccc(F)cc2)(c2ccc(F)cc2)C1c1cccc(F)c1. The zero-order chi connectivity index (χ0) is 22.2. The summed E-state index contributed by atoms with van der Waals surface area (Å²) in [6.45, 7) is 0. The summed E-state index contributed by atoms with van der Waals surface area (Å²) in [5.74, 6) is -4.27. The van der Waals surface area contributed by atoms with Crippen LogP contribution in [0.3, 0.4) is 0 Å². The van der Waals surface area contributed by atoms with Crippen molar-refractivity contribution in [2.45, 2.75) is 17.9 Å². The Morgan fingerprint density at radius 2 is 1.42 bits per heavy atom. The van der Waals surface area contributed by atoms with E-state index < -0.39 is 46.6 Å². The summed E-state index contributed by atoms with van der Waals surface area (Å²) in [7, 11) is 0. The van der Waals surface area contributed by atoms with Crippen molar-refractivity contribution in [2.24, 2.45) is 11.7 Å². The summed E-state index contributed by atoms with van der Waals surface area (Å²) >= 11 is 0. The zero-order valence-corrected chi connectivity index (χ0v) is 16.3. The highest BCUT2D eigenvalue weighted by Crippen LogP contribution is 2.51. The first-order valence-electron chi connectivity index (χ1n) is 9.69. The number of rotatable bonds is 5. The van der Waals surface area contributed by atoms with Crippen LogP contribution >= 0.6 is 0 Å². The second kappa shape index (κ2) is 7.91. The van der Waals surface area contributed by atoms with Crippen LogP contribution in [0.25, 0.3) is 0 Å². The monoisotopic (exact) mass is 424 g/mol. The molecule has 4 nitrogen and oxygen atoms in total. The maximum atomic E-state index is 14.2. The predicted octanol–water partition coefficient (Wildman–Crippen LogP) is 3.75. The van der Waals surface area contributed by atoms with Gasteiger partial charge in [-0.1, -0.05) is 36.4 Å². The van der Waals surface area contributed by atoms with E-state index in [9.17, 15) is 22.8 Å². The van der Waals surface area contributed by atoms with Crippen molar-refractivity contribution in [3.05, 3.63) is 107 Å². The molecule has 2 amide bonds. The maximum Gasteiger partial charge on any atom is 0.225 e. The molecule has 1 heterocycles. The van der Waals surface area contributed by atoms with Gasteiger partial charge in [-0.3, -0.25) is 9.59 Å². The zero-order valence-electron chi connectivity index (χ0n) is 16.3. The molecule has 0 saturated carbocycles. The summed E-state index contributed by atoms with van der Waals surface area (Å²) in [5, 5.41) is 2.95. The van der Waals surface area contributed by atoms with Gasteiger partial charge in [0.05, 0.1) is 11.5 Å². The lowest BCUT2D eigenvalue weighted by Crippen LogP contribution is -2.43. The average molecular weight is 424 g/mol. The molecule has 3 aromatic rings. The largest absolute Gasteiger partial charge is 0.370 e. The van der Waals surface area contributed by atoms with Crippen molar-refractivity contribution in [1.29, 1.82) is 0 Å². The molecule has 3 N–H and O–H groups in total. The number of nitrogens with two attached hydrogens (primary N) is 1. The molecule has 0 aliphatic carbocycles. The van der Waals surface area contributed by atoms with Crippen LogP contribution in [0, 0.1) is 23.4 Å². The molecule has 4 rings (SSSR count). The molecule has 31 heavy (non-hydrogen) atoms. The molecule has 2 unspecified atom stereocenters. The molecule has 0 bridgehead atoms. The topological polar surface area (TPSA) is 72.2 Å². The van der Waals surface area contributed by atoms with Gasteiger partial charge < -0.3 is 11.1 Å². The van der Waals surface area contributed by atoms with Gasteiger partial charge in [-0.2, -0.15) is 0 Å². The summed E-state index contributed by atoms with van der Waals surface area (Å²) in [6.07, 6.45) is -0.267. The highest BCUT2D eigenvalue weighted by Gasteiger charge is 2.56. The van der Waals surface area contributed by atoms with Gasteiger partial charge in [-0.25, -0.2) is 13.2 Å². The Morgan fingerprint density at radius 3 is 1.90 bits per heavy atom. The standard InChI is InChI=1S/C24H19F3N2O2/c25-17-8-4-15(5-9-17)24(16-6-10-18(26)11-7-16)22(14-2-1-3-19(27)12-14)20(13-21(28)30)23(31)29-24/h1-12,20,22H,13H2,(H2,28,30)(H,29,31). The highest BCUT2D eigenvalue weighted by molar-refractivity contribution is 5.90. The number of carbonyl (C=O) groups excluding carboxylic acids is 2. The number of carbonyl (C=O) groups is 2. The fraction of sp³-hybridized carbons (Fsp3) is 0.167. The Labute approximate surface area is 176 Å². The summed E-state index contributed by atoms with van der Waals surface area (Å²) in [5.41, 5.74) is 5.59. The lowest BCUT2D eigenvalue weighted by molar-refractivity contribution is -0.127. The van der Waals surface area contributed by atoms with Gasteiger partial charge in [0.2, 0.25) is 11.8 Å². The van der Waals surface area contributed by atoms with Crippen molar-refractivity contribution >= 4 is 11.8 Å². The number of hydrogen-bond acceptors (Lipinski definition) is 2. The Hall–Kier alpha value is -3.61. The van der Waals surface area contributed by atoms with E-state index in [4.69, 9.17) is 5.73 Å². The Morgan fingerprint density at radius 1 is 0.871 bits per heavy atom. The molecule has 2 atom stereocenters. The van der Waals surface area contributed by atoms with Crippen LogP contribution in [0.15, 0.2) is 72.8 Å². The van der Waals surface area contributed by atoms with E-state index in [2.05, 4.69) is 5.32 Å². The lowest BCUT2D eigenvalue weighted by Gasteiger charge is -2.38. The molecule has 7 heteroatoms. The minimum absolute atomic E-state index is 0.267. The second-order valence-electron chi connectivity index (χ2n) is 7.62. The summed E-state index contributed by atoms with van der Waals surface area (Å²) in [4.78, 5) is 24.9. The van der Waals surface area contributed by atoms with Gasteiger partial charge in [0, 0.05) is 12.3 Å². The van der Waals surface area contributed by atoms with Crippen molar-refractivity contribution < 1.29 is 22.8 Å². The number of amides is 2. The Balaban J connectivity index is 2.02. The molecule has 158 valence electrons. The van der Waals surface area contributed by atoms with Crippen LogP contribution in [0.2, 0.25) is 0 Å². The van der Waals surface area contributed by atoms with Crippen molar-refractivity contribution in [1.82, 2.24) is 5.32 Å². The quantitative estimate of drug-likeness (QED) is 0.655. The van der Waals surface area contributed by atoms with Gasteiger partial charge in [-0.15, -0.1) is 0 Å². The molecule has 0 spiro atoms. The van der Waals surface area contributed by atoms with Crippen LogP contribution in [-0.4, -0.2) is 11.8 Å². The summed E-state index contributed by atoms with van der Waals surface area (Å²) in [6, 6.07) is 16.8. The van der Waals surface area contributed by atoms with Gasteiger partial charge >= 0.3 is 0 Å². The first-order valence-corrected chi connectivity index (χ1v) is 9.69. The predicted molar refractivity (Wildman–Crippen MR) is 108 cm³/mol. The van der Waals surface area contributed by atoms with E-state index in [0.717, 1.165) is 0 Å². The fourth-order valence-corrected chi connectivity index (χ4v) is 4.52. The third-order valence-corrected chi connectivity index (χ3v) is 5.75. The third-order valence-electron chi connectivity index (χ3n) is 5.75. The van der Waals surface area contributed by atoms with E-state index in [0.29, 0.717) is 16.7 Å². The van der Waals surface area contributed by atoms with Crippen molar-refractivity contribution in [3.63, 3.8) is 0 Å². The van der Waals surface area contributed by atoms with Crippen molar-refractivity contribution in [3.8, 4) is 0 Å². The first kappa shape index (κ1) is 20.7. The minimum atomic E-state index is -1.30. The summed E-state index contributed by atoms with van der Waals surface area (Å²) < 4.78 is 41.6. The number of halogens is 3. The van der Waals surface area contributed by atoms with Crippen LogP contribution in [0.5, 0.6) is 0 Å². The lowest BCUT2D eigenvalue weighted by atomic mass is 9.67. The van der Waals surface area contributed by atoms with Crippen molar-refractivity contribution in [2.75, 3.05) is 0 Å². The van der Waals surface area contributed by atoms with Gasteiger partial charge in [0.15, 0.2) is 0 Å². The maximum absolute atomic E-state index is 14.2. The normalized spacial score (nSPS) is 19.8. The van der Waals surface area contributed by atoms with Gasteiger partial charge in [0.1, 0.15) is 17.5 Å². The van der Waals surface area contributed by atoms with Crippen LogP contribution < -0.4 is 11.1 Å². The number of primary amides is 1. The minimum Gasteiger partial charge on any atom is -0.370 e. The molecule has 1 fully saturated rings. The van der Waals surface area contributed by atoms with E-state index in [1.54, 1.807) is 6.07 Å². The van der Waals surface area contributed by atoms with E-state index in [1.807, 2.05) is 0 Å². The molecular weight excluding hydrogens is 405 g/mol. The number of hydrogen-bond donors (Lipinski definition) is 2. The van der Waals surface area contributed by atoms with Crippen LogP contribution in [-0.2, 0) is 15.1 Å². The van der Waals surface area contributed by atoms with E-state index >= 15 is 0 Å². The van der Waals surface area contributed by atoms with Gasteiger partial charge in [-0.05, 0) is 53.1 Å². The van der Waals surface area contributed by atoms with E-state index in [-0.39, 0.29) is 6.42 Å². The van der Waals surface area contributed by atoms with Gasteiger partial charge in [0.25, 0.3) is 0 Å². The third kappa shape index (κ3) is 3.67.